The Morgan fingerprint density at radius 3 is 2.55 bits per heavy atom. The number of likely N-dealkylation sites (tertiary alicyclic amines) is 1. The lowest BCUT2D eigenvalue weighted by atomic mass is 9.96. The summed E-state index contributed by atoms with van der Waals surface area (Å²) in [6.07, 6.45) is 1.36. The summed E-state index contributed by atoms with van der Waals surface area (Å²) >= 11 is 5.90. The number of carbonyl (C=O) groups excluding carboxylic acids is 1. The van der Waals surface area contributed by atoms with Crippen molar-refractivity contribution in [3.05, 3.63) is 34.9 Å². The van der Waals surface area contributed by atoms with E-state index in [4.69, 9.17) is 11.6 Å². The summed E-state index contributed by atoms with van der Waals surface area (Å²) in [5.41, 5.74) is 0.972. The molecule has 2 rings (SSSR count). The molecule has 0 radical (unpaired) electrons. The number of rotatable bonds is 4. The first-order valence-corrected chi connectivity index (χ1v) is 7.35. The average molecular weight is 297 g/mol. The van der Waals surface area contributed by atoms with Crippen molar-refractivity contribution in [2.45, 2.75) is 24.9 Å². The minimum Gasteiger partial charge on any atom is -0.393 e. The van der Waals surface area contributed by atoms with Crippen LogP contribution in [0.15, 0.2) is 24.3 Å². The third kappa shape index (κ3) is 3.95. The lowest BCUT2D eigenvalue weighted by molar-refractivity contribution is -0.122. The molecule has 4 nitrogen and oxygen atoms in total. The van der Waals surface area contributed by atoms with Crippen molar-refractivity contribution >= 4 is 17.5 Å². The van der Waals surface area contributed by atoms with Crippen molar-refractivity contribution in [2.75, 3.05) is 26.7 Å². The first kappa shape index (κ1) is 15.3. The second kappa shape index (κ2) is 7.07. The van der Waals surface area contributed by atoms with Crippen LogP contribution >= 0.6 is 11.6 Å². The van der Waals surface area contributed by atoms with Gasteiger partial charge in [-0.2, -0.15) is 0 Å². The summed E-state index contributed by atoms with van der Waals surface area (Å²) in [5.74, 6) is -0.189. The molecule has 0 bridgehead atoms. The van der Waals surface area contributed by atoms with Crippen molar-refractivity contribution in [1.29, 1.82) is 0 Å². The van der Waals surface area contributed by atoms with Crippen LogP contribution in [-0.4, -0.2) is 48.7 Å². The zero-order valence-corrected chi connectivity index (χ0v) is 12.4. The number of piperidine rings is 1. The van der Waals surface area contributed by atoms with E-state index in [0.717, 1.165) is 31.5 Å². The molecule has 1 aromatic rings. The first-order valence-electron chi connectivity index (χ1n) is 6.97. The van der Waals surface area contributed by atoms with Gasteiger partial charge in [0.05, 0.1) is 12.0 Å². The van der Waals surface area contributed by atoms with E-state index in [1.165, 1.54) is 0 Å². The molecule has 1 aliphatic heterocycles. The van der Waals surface area contributed by atoms with Crippen molar-refractivity contribution in [2.24, 2.45) is 0 Å². The maximum atomic E-state index is 12.1. The molecule has 0 aromatic heterocycles. The predicted molar refractivity (Wildman–Crippen MR) is 79.9 cm³/mol. The molecule has 0 aliphatic carbocycles. The van der Waals surface area contributed by atoms with E-state index in [2.05, 4.69) is 10.2 Å². The number of aliphatic hydroxyl groups excluding tert-OH is 1. The van der Waals surface area contributed by atoms with Gasteiger partial charge in [0.1, 0.15) is 0 Å². The third-order valence-electron chi connectivity index (χ3n) is 3.83. The quantitative estimate of drug-likeness (QED) is 0.888. The number of amides is 1. The van der Waals surface area contributed by atoms with E-state index in [9.17, 15) is 9.90 Å². The minimum atomic E-state index is -0.201. The van der Waals surface area contributed by atoms with Crippen LogP contribution in [0.25, 0.3) is 0 Å². The van der Waals surface area contributed by atoms with E-state index in [0.29, 0.717) is 11.6 Å². The second-order valence-corrected chi connectivity index (χ2v) is 5.69. The van der Waals surface area contributed by atoms with Gasteiger partial charge in [-0.05, 0) is 30.5 Å². The fourth-order valence-electron chi connectivity index (χ4n) is 2.57. The normalized spacial score (nSPS) is 18.8. The Labute approximate surface area is 124 Å². The Morgan fingerprint density at radius 2 is 2.00 bits per heavy atom. The zero-order valence-electron chi connectivity index (χ0n) is 11.7. The number of carbonyl (C=O) groups is 1. The van der Waals surface area contributed by atoms with Crippen LogP contribution < -0.4 is 5.32 Å². The fraction of sp³-hybridized carbons (Fsp3) is 0.533. The smallest absolute Gasteiger partial charge is 0.228 e. The summed E-state index contributed by atoms with van der Waals surface area (Å²) in [6, 6.07) is 7.43. The number of hydrogen-bond donors (Lipinski definition) is 2. The standard InChI is InChI=1S/C15H21ClN2O2/c1-17-15(20)14(11-2-4-12(16)5-3-11)10-18-8-6-13(19)7-9-18/h2-5,13-14,19H,6-10H2,1H3,(H,17,20). The zero-order chi connectivity index (χ0) is 14.5. The van der Waals surface area contributed by atoms with Crippen LogP contribution in [0, 0.1) is 0 Å². The van der Waals surface area contributed by atoms with E-state index in [1.54, 1.807) is 7.05 Å². The highest BCUT2D eigenvalue weighted by molar-refractivity contribution is 6.30. The molecule has 0 spiro atoms. The van der Waals surface area contributed by atoms with Gasteiger partial charge in [0.2, 0.25) is 5.91 Å². The van der Waals surface area contributed by atoms with E-state index >= 15 is 0 Å². The maximum Gasteiger partial charge on any atom is 0.228 e. The number of benzene rings is 1. The first-order chi connectivity index (χ1) is 9.60. The van der Waals surface area contributed by atoms with Crippen LogP contribution in [-0.2, 0) is 4.79 Å². The molecule has 1 saturated heterocycles. The maximum absolute atomic E-state index is 12.1. The molecule has 1 atom stereocenters. The highest BCUT2D eigenvalue weighted by Crippen LogP contribution is 2.22. The summed E-state index contributed by atoms with van der Waals surface area (Å²) in [5, 5.41) is 12.9. The molecule has 1 amide bonds. The van der Waals surface area contributed by atoms with Crippen molar-refractivity contribution < 1.29 is 9.90 Å². The van der Waals surface area contributed by atoms with Crippen LogP contribution in [0.1, 0.15) is 24.3 Å². The Hall–Kier alpha value is -1.10. The Bertz CT molecular complexity index is 442. The number of hydrogen-bond acceptors (Lipinski definition) is 3. The average Bonchev–Trinajstić information content (AvgIpc) is 2.47. The van der Waals surface area contributed by atoms with Crippen LogP contribution in [0.3, 0.4) is 0 Å². The largest absolute Gasteiger partial charge is 0.393 e. The summed E-state index contributed by atoms with van der Waals surface area (Å²) < 4.78 is 0. The van der Waals surface area contributed by atoms with Gasteiger partial charge < -0.3 is 15.3 Å². The van der Waals surface area contributed by atoms with Crippen molar-refractivity contribution in [1.82, 2.24) is 10.2 Å². The molecule has 1 fully saturated rings. The van der Waals surface area contributed by atoms with Crippen molar-refractivity contribution in [3.63, 3.8) is 0 Å². The molecule has 1 aliphatic rings. The van der Waals surface area contributed by atoms with Gasteiger partial charge in [-0.1, -0.05) is 23.7 Å². The van der Waals surface area contributed by atoms with E-state index in [-0.39, 0.29) is 17.9 Å². The number of nitrogens with one attached hydrogen (secondary N) is 1. The van der Waals surface area contributed by atoms with Gasteiger partial charge in [-0.25, -0.2) is 0 Å². The number of halogens is 1. The SMILES string of the molecule is CNC(=O)C(CN1CCC(O)CC1)c1ccc(Cl)cc1. The lowest BCUT2D eigenvalue weighted by Gasteiger charge is -2.32. The molecule has 1 aromatic carbocycles. The summed E-state index contributed by atoms with van der Waals surface area (Å²) in [6.45, 7) is 2.35. The van der Waals surface area contributed by atoms with Crippen LogP contribution in [0.2, 0.25) is 5.02 Å². The molecule has 1 heterocycles. The Kier molecular flexibility index (Phi) is 5.40. The van der Waals surface area contributed by atoms with Crippen LogP contribution in [0.4, 0.5) is 0 Å². The van der Waals surface area contributed by atoms with Crippen molar-refractivity contribution in [3.8, 4) is 0 Å². The third-order valence-corrected chi connectivity index (χ3v) is 4.09. The summed E-state index contributed by atoms with van der Waals surface area (Å²) in [7, 11) is 1.66. The lowest BCUT2D eigenvalue weighted by Crippen LogP contribution is -2.41. The Balaban J connectivity index is 2.08. The molecule has 2 N–H and O–H groups in total. The topological polar surface area (TPSA) is 52.6 Å². The van der Waals surface area contributed by atoms with E-state index in [1.807, 2.05) is 24.3 Å². The molecular weight excluding hydrogens is 276 g/mol. The molecule has 20 heavy (non-hydrogen) atoms. The van der Waals surface area contributed by atoms with Gasteiger partial charge >= 0.3 is 0 Å². The molecule has 5 heteroatoms. The monoisotopic (exact) mass is 296 g/mol. The highest BCUT2D eigenvalue weighted by Gasteiger charge is 2.25. The van der Waals surface area contributed by atoms with Gasteiger partial charge in [0.15, 0.2) is 0 Å². The van der Waals surface area contributed by atoms with Gasteiger partial charge in [-0.15, -0.1) is 0 Å². The number of aliphatic hydroxyl groups is 1. The predicted octanol–water partition coefficient (Wildman–Crippen LogP) is 1.63. The van der Waals surface area contributed by atoms with Crippen LogP contribution in [0.5, 0.6) is 0 Å². The fourth-order valence-corrected chi connectivity index (χ4v) is 2.70. The highest BCUT2D eigenvalue weighted by atomic mass is 35.5. The second-order valence-electron chi connectivity index (χ2n) is 5.25. The number of nitrogens with zero attached hydrogens (tertiary/aromatic N) is 1. The molecular formula is C15H21ClN2O2. The van der Waals surface area contributed by atoms with E-state index < -0.39 is 0 Å². The summed E-state index contributed by atoms with van der Waals surface area (Å²) in [4.78, 5) is 14.4. The molecule has 1 unspecified atom stereocenters. The molecule has 0 saturated carbocycles. The van der Waals surface area contributed by atoms with Gasteiger partial charge in [-0.3, -0.25) is 4.79 Å². The Morgan fingerprint density at radius 1 is 1.40 bits per heavy atom. The minimum absolute atomic E-state index is 0.0124. The number of likely N-dealkylation sites (N-methyl/N-ethyl adjacent to an activating group) is 1. The van der Waals surface area contributed by atoms with Gasteiger partial charge in [0.25, 0.3) is 0 Å². The molecule has 110 valence electrons. The van der Waals surface area contributed by atoms with Gasteiger partial charge in [0, 0.05) is 31.7 Å².